The number of rotatable bonds is 5. The van der Waals surface area contributed by atoms with Crippen molar-refractivity contribution in [1.29, 1.82) is 0 Å². The molecule has 1 fully saturated rings. The summed E-state index contributed by atoms with van der Waals surface area (Å²) in [5.41, 5.74) is 1.77. The normalized spacial score (nSPS) is 21.0. The van der Waals surface area contributed by atoms with Crippen molar-refractivity contribution in [3.05, 3.63) is 46.8 Å². The van der Waals surface area contributed by atoms with E-state index < -0.39 is 11.5 Å². The van der Waals surface area contributed by atoms with E-state index in [4.69, 9.17) is 4.74 Å². The summed E-state index contributed by atoms with van der Waals surface area (Å²) in [5.74, 6) is -1.15. The predicted octanol–water partition coefficient (Wildman–Crippen LogP) is 3.54. The molecule has 8 heteroatoms. The Morgan fingerprint density at radius 2 is 1.94 bits per heavy atom. The number of hydrogen-bond donors (Lipinski definition) is 1. The molecule has 0 saturated heterocycles. The summed E-state index contributed by atoms with van der Waals surface area (Å²) in [4.78, 5) is 41.4. The van der Waals surface area contributed by atoms with Crippen molar-refractivity contribution < 1.29 is 19.1 Å². The third kappa shape index (κ3) is 4.14. The Balaban J connectivity index is 1.78. The van der Waals surface area contributed by atoms with Gasteiger partial charge in [-0.15, -0.1) is 0 Å². The molecule has 33 heavy (non-hydrogen) atoms. The van der Waals surface area contributed by atoms with Crippen LogP contribution in [-0.2, 0) is 16.1 Å². The maximum atomic E-state index is 13.8. The number of nitrogens with zero attached hydrogens (tertiary/aromatic N) is 3. The molecule has 1 aromatic carbocycles. The fourth-order valence-corrected chi connectivity index (χ4v) is 4.83. The lowest BCUT2D eigenvalue weighted by atomic mass is 9.90. The molecule has 2 heterocycles. The molecule has 1 saturated carbocycles. The van der Waals surface area contributed by atoms with Crippen LogP contribution in [0.4, 0.5) is 5.69 Å². The molecule has 0 spiro atoms. The van der Waals surface area contributed by atoms with Crippen molar-refractivity contribution in [3.63, 3.8) is 0 Å². The van der Waals surface area contributed by atoms with Crippen molar-refractivity contribution >= 4 is 23.5 Å². The summed E-state index contributed by atoms with van der Waals surface area (Å²) < 4.78 is 6.54. The van der Waals surface area contributed by atoms with Crippen molar-refractivity contribution in [1.82, 2.24) is 15.1 Å². The molecule has 0 radical (unpaired) electrons. The molecule has 0 bridgehead atoms. The molecule has 1 aliphatic heterocycles. The molecule has 1 aliphatic carbocycles. The summed E-state index contributed by atoms with van der Waals surface area (Å²) in [6.45, 7) is 7.78. The molecular weight excluding hydrogens is 420 g/mol. The van der Waals surface area contributed by atoms with Gasteiger partial charge >= 0.3 is 5.97 Å². The van der Waals surface area contributed by atoms with Crippen LogP contribution in [0.3, 0.4) is 0 Å². The van der Waals surface area contributed by atoms with Crippen LogP contribution in [0.15, 0.2) is 24.3 Å². The molecule has 4 rings (SSSR count). The highest BCUT2D eigenvalue weighted by Crippen LogP contribution is 2.36. The second kappa shape index (κ2) is 9.00. The molecule has 1 unspecified atom stereocenters. The van der Waals surface area contributed by atoms with Crippen LogP contribution in [-0.4, -0.2) is 45.8 Å². The third-order valence-corrected chi connectivity index (χ3v) is 6.88. The van der Waals surface area contributed by atoms with E-state index in [1.807, 2.05) is 32.0 Å². The number of ether oxygens (including phenoxy) is 1. The minimum absolute atomic E-state index is 0.0676. The van der Waals surface area contributed by atoms with Gasteiger partial charge < -0.3 is 10.1 Å². The Morgan fingerprint density at radius 1 is 1.21 bits per heavy atom. The van der Waals surface area contributed by atoms with Crippen molar-refractivity contribution in [2.75, 3.05) is 11.5 Å². The van der Waals surface area contributed by atoms with Crippen molar-refractivity contribution in [2.45, 2.75) is 77.9 Å². The van der Waals surface area contributed by atoms with Gasteiger partial charge in [0.25, 0.3) is 5.91 Å². The number of nitrogens with one attached hydrogen (secondary N) is 1. The standard InChI is InChI=1S/C25H32N4O4/c1-5-33-23(31)19-14-21-22(30)29(20-13-9-10-16(2)17(20)3)25(4,15-28(21)27-19)24(32)26-18-11-7-6-8-12-18/h9-10,13-14,18H,5-8,11-12,15H2,1-4H3,(H,26,32). The van der Waals surface area contributed by atoms with Gasteiger partial charge in [-0.1, -0.05) is 31.4 Å². The molecule has 2 amide bonds. The van der Waals surface area contributed by atoms with Gasteiger partial charge in [0, 0.05) is 17.8 Å². The molecule has 1 atom stereocenters. The van der Waals surface area contributed by atoms with Gasteiger partial charge in [-0.25, -0.2) is 4.79 Å². The van der Waals surface area contributed by atoms with Gasteiger partial charge in [-0.3, -0.25) is 19.2 Å². The maximum absolute atomic E-state index is 13.8. The number of anilines is 1. The summed E-state index contributed by atoms with van der Waals surface area (Å²) in [6, 6.07) is 7.30. The first-order chi connectivity index (χ1) is 15.8. The number of hydrogen-bond acceptors (Lipinski definition) is 5. The first-order valence-electron chi connectivity index (χ1n) is 11.7. The van der Waals surface area contributed by atoms with Gasteiger partial charge in [0.15, 0.2) is 5.69 Å². The molecule has 2 aliphatic rings. The van der Waals surface area contributed by atoms with E-state index in [-0.39, 0.29) is 42.4 Å². The number of aryl methyl sites for hydroxylation is 1. The van der Waals surface area contributed by atoms with Crippen molar-refractivity contribution in [3.8, 4) is 0 Å². The molecule has 176 valence electrons. The van der Waals surface area contributed by atoms with Gasteiger partial charge in [0.05, 0.1) is 13.2 Å². The van der Waals surface area contributed by atoms with Crippen LogP contribution in [0.2, 0.25) is 0 Å². The van der Waals surface area contributed by atoms with Gasteiger partial charge in [-0.05, 0) is 57.7 Å². The Labute approximate surface area is 194 Å². The molecule has 2 aromatic rings. The second-order valence-corrected chi connectivity index (χ2v) is 9.23. The van der Waals surface area contributed by atoms with E-state index in [1.165, 1.54) is 17.2 Å². The van der Waals surface area contributed by atoms with Gasteiger partial charge in [0.1, 0.15) is 11.2 Å². The van der Waals surface area contributed by atoms with Crippen LogP contribution in [0.25, 0.3) is 0 Å². The summed E-state index contributed by atoms with van der Waals surface area (Å²) in [6.07, 6.45) is 5.25. The molecule has 1 N–H and O–H groups in total. The topological polar surface area (TPSA) is 93.5 Å². The lowest BCUT2D eigenvalue weighted by Gasteiger charge is -2.44. The number of aromatic nitrogens is 2. The Hall–Kier alpha value is -3.16. The average Bonchev–Trinajstić information content (AvgIpc) is 3.21. The zero-order valence-electron chi connectivity index (χ0n) is 19.8. The van der Waals surface area contributed by atoms with Gasteiger partial charge in [-0.2, -0.15) is 5.10 Å². The van der Waals surface area contributed by atoms with Crippen LogP contribution in [0.5, 0.6) is 0 Å². The molecule has 1 aromatic heterocycles. The average molecular weight is 453 g/mol. The summed E-state index contributed by atoms with van der Waals surface area (Å²) in [7, 11) is 0. The third-order valence-electron chi connectivity index (χ3n) is 6.88. The van der Waals surface area contributed by atoms with Crippen molar-refractivity contribution in [2.24, 2.45) is 0 Å². The highest BCUT2D eigenvalue weighted by molar-refractivity contribution is 6.12. The zero-order chi connectivity index (χ0) is 23.8. The molecule has 8 nitrogen and oxygen atoms in total. The zero-order valence-corrected chi connectivity index (χ0v) is 19.8. The molecular formula is C25H32N4O4. The minimum Gasteiger partial charge on any atom is -0.461 e. The minimum atomic E-state index is -1.21. The maximum Gasteiger partial charge on any atom is 0.358 e. The highest BCUT2D eigenvalue weighted by Gasteiger charge is 2.50. The van der Waals surface area contributed by atoms with E-state index in [9.17, 15) is 14.4 Å². The van der Waals surface area contributed by atoms with E-state index in [2.05, 4.69) is 10.4 Å². The lowest BCUT2D eigenvalue weighted by Crippen LogP contribution is -2.65. The van der Waals surface area contributed by atoms with Gasteiger partial charge in [0.2, 0.25) is 5.91 Å². The Bertz CT molecular complexity index is 1090. The van der Waals surface area contributed by atoms with E-state index in [0.717, 1.165) is 36.8 Å². The first kappa shape index (κ1) is 23.0. The quantitative estimate of drug-likeness (QED) is 0.701. The SMILES string of the molecule is CCOC(=O)c1cc2n(n1)CC(C)(C(=O)NC1CCCCC1)N(c1cccc(C)c1C)C2=O. The van der Waals surface area contributed by atoms with E-state index >= 15 is 0 Å². The second-order valence-electron chi connectivity index (χ2n) is 9.23. The summed E-state index contributed by atoms with van der Waals surface area (Å²) in [5, 5.41) is 7.53. The number of fused-ring (bicyclic) bond motifs is 1. The Kier molecular flexibility index (Phi) is 6.28. The number of esters is 1. The first-order valence-corrected chi connectivity index (χ1v) is 11.7. The van der Waals surface area contributed by atoms with Crippen LogP contribution < -0.4 is 10.2 Å². The summed E-state index contributed by atoms with van der Waals surface area (Å²) >= 11 is 0. The number of carbonyl (C=O) groups excluding carboxylic acids is 3. The number of amides is 2. The largest absolute Gasteiger partial charge is 0.461 e. The van der Waals surface area contributed by atoms with E-state index in [0.29, 0.717) is 5.69 Å². The monoisotopic (exact) mass is 452 g/mol. The van der Waals surface area contributed by atoms with E-state index in [1.54, 1.807) is 18.7 Å². The Morgan fingerprint density at radius 3 is 2.64 bits per heavy atom. The highest BCUT2D eigenvalue weighted by atomic mass is 16.5. The van der Waals surface area contributed by atoms with Crippen LogP contribution >= 0.6 is 0 Å². The smallest absolute Gasteiger partial charge is 0.358 e. The predicted molar refractivity (Wildman–Crippen MR) is 124 cm³/mol. The lowest BCUT2D eigenvalue weighted by molar-refractivity contribution is -0.127. The fourth-order valence-electron chi connectivity index (χ4n) is 4.83. The number of carbonyl (C=O) groups is 3. The van der Waals surface area contributed by atoms with Crippen LogP contribution in [0.1, 0.15) is 78.1 Å². The van der Waals surface area contributed by atoms with Crippen LogP contribution in [0, 0.1) is 13.8 Å². The fraction of sp³-hybridized carbons (Fsp3) is 0.520. The number of benzene rings is 1.